The molecule has 0 saturated carbocycles. The molecule has 134 valence electrons. The van der Waals surface area contributed by atoms with Crippen LogP contribution in [0.5, 0.6) is 0 Å². The van der Waals surface area contributed by atoms with E-state index in [0.717, 1.165) is 31.6 Å². The van der Waals surface area contributed by atoms with Crippen LogP contribution in [0, 0.1) is 11.2 Å². The van der Waals surface area contributed by atoms with Crippen molar-refractivity contribution >= 4 is 23.5 Å². The minimum Gasteiger partial charge on any atom is -0.317 e. The Bertz CT molecular complexity index is 715. The molecule has 0 radical (unpaired) electrons. The molecule has 2 fully saturated rings. The zero-order valence-corrected chi connectivity index (χ0v) is 14.2. The average molecular weight is 348 g/mol. The lowest BCUT2D eigenvalue weighted by Crippen LogP contribution is -2.73. The second-order valence-electron chi connectivity index (χ2n) is 6.38. The van der Waals surface area contributed by atoms with Crippen molar-refractivity contribution in [1.29, 1.82) is 5.41 Å². The number of hydrogen-bond donors (Lipinski definition) is 4. The van der Waals surface area contributed by atoms with Crippen molar-refractivity contribution in [3.63, 3.8) is 0 Å². The van der Waals surface area contributed by atoms with Gasteiger partial charge in [-0.1, -0.05) is 0 Å². The van der Waals surface area contributed by atoms with Crippen LogP contribution >= 0.6 is 0 Å². The standard InChI is InChI=1S/C17H22FN5O2/c1-20-14-9-11(10-2-5-21-6-3-10)13(18)8-12(14)16(19)23-7-4-15(24)22-17(23)25/h8-10,19-21H,2-7H2,1H3,(H,22,24,25)/p+1. The number of nitrogens with zero attached hydrogens (tertiary/aromatic N) is 1. The molecule has 1 aromatic carbocycles. The molecule has 0 bridgehead atoms. The summed E-state index contributed by atoms with van der Waals surface area (Å²) in [6.07, 6.45) is 1.90. The monoisotopic (exact) mass is 348 g/mol. The SMILES string of the molecule is C[NH2+]c1cc(C2CCNCC2)c(F)cc1C(=N)N1CCC(=O)NC1=O. The van der Waals surface area contributed by atoms with Gasteiger partial charge < -0.3 is 10.6 Å². The van der Waals surface area contributed by atoms with Crippen LogP contribution in [-0.2, 0) is 4.79 Å². The van der Waals surface area contributed by atoms with Crippen molar-refractivity contribution in [3.8, 4) is 0 Å². The number of nitrogens with one attached hydrogen (secondary N) is 3. The van der Waals surface area contributed by atoms with E-state index in [1.807, 2.05) is 12.4 Å². The summed E-state index contributed by atoms with van der Waals surface area (Å²) >= 11 is 0. The number of urea groups is 1. The molecule has 0 unspecified atom stereocenters. The highest BCUT2D eigenvalue weighted by Crippen LogP contribution is 2.30. The Balaban J connectivity index is 1.90. The van der Waals surface area contributed by atoms with E-state index in [0.29, 0.717) is 11.1 Å². The normalized spacial score (nSPS) is 19.0. The summed E-state index contributed by atoms with van der Waals surface area (Å²) in [7, 11) is 1.83. The number of carbonyl (C=O) groups is 2. The van der Waals surface area contributed by atoms with E-state index in [-0.39, 0.29) is 36.4 Å². The van der Waals surface area contributed by atoms with Gasteiger partial charge in [0.15, 0.2) is 0 Å². The summed E-state index contributed by atoms with van der Waals surface area (Å²) in [6.45, 7) is 1.87. The molecule has 3 rings (SSSR count). The predicted molar refractivity (Wildman–Crippen MR) is 90.4 cm³/mol. The molecular formula is C17H23FN5O2+. The highest BCUT2D eigenvalue weighted by Gasteiger charge is 2.30. The quantitative estimate of drug-likeness (QED) is 0.361. The van der Waals surface area contributed by atoms with Crippen LogP contribution in [0.3, 0.4) is 0 Å². The molecule has 2 aliphatic heterocycles. The van der Waals surface area contributed by atoms with Gasteiger partial charge in [-0.15, -0.1) is 0 Å². The van der Waals surface area contributed by atoms with Crippen LogP contribution in [0.4, 0.5) is 14.9 Å². The third-order valence-corrected chi connectivity index (χ3v) is 4.84. The van der Waals surface area contributed by atoms with Crippen molar-refractivity contribution in [2.24, 2.45) is 0 Å². The van der Waals surface area contributed by atoms with E-state index in [1.165, 1.54) is 11.0 Å². The number of hydrogen-bond acceptors (Lipinski definition) is 4. The van der Waals surface area contributed by atoms with E-state index >= 15 is 0 Å². The van der Waals surface area contributed by atoms with Crippen molar-refractivity contribution in [1.82, 2.24) is 15.5 Å². The van der Waals surface area contributed by atoms with Gasteiger partial charge in [0, 0.05) is 19.0 Å². The van der Waals surface area contributed by atoms with E-state index in [1.54, 1.807) is 6.07 Å². The zero-order chi connectivity index (χ0) is 18.0. The van der Waals surface area contributed by atoms with Gasteiger partial charge in [-0.2, -0.15) is 0 Å². The Morgan fingerprint density at radius 3 is 2.68 bits per heavy atom. The first-order valence-corrected chi connectivity index (χ1v) is 8.55. The van der Waals surface area contributed by atoms with Gasteiger partial charge in [-0.25, -0.2) is 9.18 Å². The Kier molecular flexibility index (Phi) is 5.10. The number of amidine groups is 1. The first-order chi connectivity index (χ1) is 12.0. The highest BCUT2D eigenvalue weighted by atomic mass is 19.1. The number of quaternary nitrogens is 1. The number of benzene rings is 1. The van der Waals surface area contributed by atoms with Crippen LogP contribution in [0.25, 0.3) is 0 Å². The minimum absolute atomic E-state index is 0.0890. The zero-order valence-electron chi connectivity index (χ0n) is 14.2. The lowest BCUT2D eigenvalue weighted by Gasteiger charge is -2.28. The molecule has 7 nitrogen and oxygen atoms in total. The minimum atomic E-state index is -0.633. The maximum absolute atomic E-state index is 14.7. The molecule has 2 aliphatic rings. The number of carbonyl (C=O) groups excluding carboxylic acids is 2. The molecule has 8 heteroatoms. The number of imide groups is 1. The Labute approximate surface area is 145 Å². The second kappa shape index (κ2) is 7.28. The molecule has 0 atom stereocenters. The predicted octanol–water partition coefficient (Wildman–Crippen LogP) is 0.385. The summed E-state index contributed by atoms with van der Waals surface area (Å²) in [5.74, 6) is -0.623. The van der Waals surface area contributed by atoms with Gasteiger partial charge in [0.25, 0.3) is 0 Å². The molecule has 5 N–H and O–H groups in total. The van der Waals surface area contributed by atoms with Gasteiger partial charge in [-0.05, 0) is 43.5 Å². The average Bonchev–Trinajstić information content (AvgIpc) is 2.61. The summed E-state index contributed by atoms with van der Waals surface area (Å²) in [5.41, 5.74) is 1.76. The molecule has 25 heavy (non-hydrogen) atoms. The van der Waals surface area contributed by atoms with Crippen LogP contribution < -0.4 is 16.0 Å². The molecule has 2 saturated heterocycles. The highest BCUT2D eigenvalue weighted by molar-refractivity contribution is 6.12. The summed E-state index contributed by atoms with van der Waals surface area (Å²) < 4.78 is 14.7. The fraction of sp³-hybridized carbons (Fsp3) is 0.471. The van der Waals surface area contributed by atoms with Crippen LogP contribution in [0.1, 0.15) is 36.3 Å². The molecule has 3 amide bonds. The first kappa shape index (κ1) is 17.5. The van der Waals surface area contributed by atoms with Gasteiger partial charge in [-0.3, -0.25) is 20.4 Å². The number of rotatable bonds is 3. The van der Waals surface area contributed by atoms with Crippen LogP contribution in [-0.4, -0.2) is 49.4 Å². The fourth-order valence-electron chi connectivity index (χ4n) is 3.42. The van der Waals surface area contributed by atoms with E-state index < -0.39 is 6.03 Å². The Morgan fingerprint density at radius 1 is 1.32 bits per heavy atom. The van der Waals surface area contributed by atoms with Crippen molar-refractivity contribution < 1.29 is 19.3 Å². The molecule has 0 aliphatic carbocycles. The second-order valence-corrected chi connectivity index (χ2v) is 6.38. The van der Waals surface area contributed by atoms with Gasteiger partial charge in [0.2, 0.25) is 5.91 Å². The number of amides is 3. The van der Waals surface area contributed by atoms with Gasteiger partial charge >= 0.3 is 6.03 Å². The van der Waals surface area contributed by atoms with Crippen molar-refractivity contribution in [3.05, 3.63) is 29.1 Å². The molecular weight excluding hydrogens is 325 g/mol. The topological polar surface area (TPSA) is 102 Å². The maximum atomic E-state index is 14.7. The fourth-order valence-corrected chi connectivity index (χ4v) is 3.42. The van der Waals surface area contributed by atoms with Crippen molar-refractivity contribution in [2.45, 2.75) is 25.2 Å². The van der Waals surface area contributed by atoms with Crippen LogP contribution in [0.15, 0.2) is 12.1 Å². The number of nitrogens with two attached hydrogens (primary N) is 1. The molecule has 0 aromatic heterocycles. The Morgan fingerprint density at radius 2 is 2.04 bits per heavy atom. The summed E-state index contributed by atoms with van der Waals surface area (Å²) in [6, 6.07) is 2.51. The lowest BCUT2D eigenvalue weighted by molar-refractivity contribution is -0.539. The Hall–Kier alpha value is -2.32. The van der Waals surface area contributed by atoms with E-state index in [9.17, 15) is 14.0 Å². The van der Waals surface area contributed by atoms with Gasteiger partial charge in [0.1, 0.15) is 17.3 Å². The van der Waals surface area contributed by atoms with Crippen molar-refractivity contribution in [2.75, 3.05) is 26.7 Å². The van der Waals surface area contributed by atoms with E-state index in [4.69, 9.17) is 5.41 Å². The maximum Gasteiger partial charge on any atom is 0.329 e. The number of piperidine rings is 1. The molecule has 1 aromatic rings. The third-order valence-electron chi connectivity index (χ3n) is 4.84. The third kappa shape index (κ3) is 3.54. The lowest BCUT2D eigenvalue weighted by atomic mass is 9.88. The van der Waals surface area contributed by atoms with Crippen LogP contribution in [0.2, 0.25) is 0 Å². The molecule has 0 spiro atoms. The summed E-state index contributed by atoms with van der Waals surface area (Å²) in [5, 5.41) is 15.6. The smallest absolute Gasteiger partial charge is 0.317 e. The first-order valence-electron chi connectivity index (χ1n) is 8.55. The number of halogens is 1. The van der Waals surface area contributed by atoms with Gasteiger partial charge in [0.05, 0.1) is 12.6 Å². The molecule has 2 heterocycles. The van der Waals surface area contributed by atoms with E-state index in [2.05, 4.69) is 10.6 Å². The largest absolute Gasteiger partial charge is 0.329 e. The summed E-state index contributed by atoms with van der Waals surface area (Å²) in [4.78, 5) is 24.4.